The van der Waals surface area contributed by atoms with Crippen LogP contribution in [-0.2, 0) is 16.0 Å². The van der Waals surface area contributed by atoms with Crippen LogP contribution in [0, 0.1) is 0 Å². The predicted molar refractivity (Wildman–Crippen MR) is 61.4 cm³/mol. The van der Waals surface area contributed by atoms with Crippen molar-refractivity contribution in [3.63, 3.8) is 0 Å². The van der Waals surface area contributed by atoms with E-state index >= 15 is 0 Å². The van der Waals surface area contributed by atoms with E-state index in [4.69, 9.17) is 5.11 Å². The van der Waals surface area contributed by atoms with E-state index in [0.717, 1.165) is 5.69 Å². The van der Waals surface area contributed by atoms with Crippen molar-refractivity contribution in [3.05, 3.63) is 18.0 Å². The third-order valence-electron chi connectivity index (χ3n) is 2.35. The van der Waals surface area contributed by atoms with Gasteiger partial charge in [-0.25, -0.2) is 0 Å². The van der Waals surface area contributed by atoms with E-state index in [1.807, 2.05) is 0 Å². The Morgan fingerprint density at radius 3 is 2.76 bits per heavy atom. The van der Waals surface area contributed by atoms with Crippen molar-refractivity contribution < 1.29 is 14.7 Å². The van der Waals surface area contributed by atoms with Gasteiger partial charge in [-0.1, -0.05) is 0 Å². The Labute approximate surface area is 99.4 Å². The van der Waals surface area contributed by atoms with Crippen LogP contribution in [0.15, 0.2) is 12.3 Å². The predicted octanol–water partition coefficient (Wildman–Crippen LogP) is 0.712. The molecule has 0 saturated heterocycles. The second-order valence-corrected chi connectivity index (χ2v) is 4.58. The fourth-order valence-electron chi connectivity index (χ4n) is 1.46. The van der Waals surface area contributed by atoms with Crippen LogP contribution in [-0.4, -0.2) is 32.7 Å². The number of aliphatic carboxylic acids is 1. The average Bonchev–Trinajstić information content (AvgIpc) is 2.66. The summed E-state index contributed by atoms with van der Waals surface area (Å²) in [6.45, 7) is 3.61. The minimum absolute atomic E-state index is 0.0390. The Balaban J connectivity index is 2.41. The number of carbonyl (C=O) groups is 2. The summed E-state index contributed by atoms with van der Waals surface area (Å²) in [6, 6.07) is 1.73. The normalized spacial score (nSPS) is 11.2. The van der Waals surface area contributed by atoms with E-state index in [-0.39, 0.29) is 18.7 Å². The monoisotopic (exact) mass is 239 g/mol. The van der Waals surface area contributed by atoms with Gasteiger partial charge in [0.05, 0.1) is 6.42 Å². The van der Waals surface area contributed by atoms with Crippen LogP contribution in [0.3, 0.4) is 0 Å². The van der Waals surface area contributed by atoms with Crippen LogP contribution >= 0.6 is 0 Å². The number of hydrogen-bond acceptors (Lipinski definition) is 3. The van der Waals surface area contributed by atoms with Crippen LogP contribution in [0.1, 0.15) is 32.4 Å². The van der Waals surface area contributed by atoms with E-state index in [0.29, 0.717) is 6.42 Å². The number of carbonyl (C=O) groups excluding carboxylic acids is 1. The van der Waals surface area contributed by atoms with Gasteiger partial charge in [-0.15, -0.1) is 0 Å². The SMILES string of the molecule is CC(C)(CCC(=O)O)NC(=O)Cc1ccn[nH]1. The standard InChI is InChI=1S/C11H17N3O3/c1-11(2,5-3-10(16)17)13-9(15)7-8-4-6-12-14-8/h4,6H,3,5,7H2,1-2H3,(H,12,14)(H,13,15)(H,16,17). The minimum Gasteiger partial charge on any atom is -0.481 e. The highest BCUT2D eigenvalue weighted by Gasteiger charge is 2.21. The number of aromatic amines is 1. The Kier molecular flexibility index (Phi) is 4.25. The molecule has 1 heterocycles. The minimum atomic E-state index is -0.860. The Morgan fingerprint density at radius 1 is 1.53 bits per heavy atom. The summed E-state index contributed by atoms with van der Waals surface area (Å²) in [5, 5.41) is 17.8. The summed E-state index contributed by atoms with van der Waals surface area (Å²) in [4.78, 5) is 22.1. The lowest BCUT2D eigenvalue weighted by atomic mass is 9.98. The molecule has 0 spiro atoms. The van der Waals surface area contributed by atoms with Gasteiger partial charge in [0.2, 0.25) is 5.91 Å². The first-order valence-electron chi connectivity index (χ1n) is 5.40. The van der Waals surface area contributed by atoms with Crippen molar-refractivity contribution in [2.24, 2.45) is 0 Å². The fourth-order valence-corrected chi connectivity index (χ4v) is 1.46. The quantitative estimate of drug-likeness (QED) is 0.681. The van der Waals surface area contributed by atoms with Crippen molar-refractivity contribution >= 4 is 11.9 Å². The van der Waals surface area contributed by atoms with Crippen LogP contribution in [0.2, 0.25) is 0 Å². The van der Waals surface area contributed by atoms with Crippen molar-refractivity contribution in [2.45, 2.75) is 38.6 Å². The number of carboxylic acid groups (broad SMARTS) is 1. The second kappa shape index (κ2) is 5.47. The molecule has 6 nitrogen and oxygen atoms in total. The highest BCUT2D eigenvalue weighted by Crippen LogP contribution is 2.11. The molecular weight excluding hydrogens is 222 g/mol. The smallest absolute Gasteiger partial charge is 0.303 e. The summed E-state index contributed by atoms with van der Waals surface area (Å²) in [5.41, 5.74) is 0.215. The molecule has 0 fully saturated rings. The van der Waals surface area contributed by atoms with Gasteiger partial charge < -0.3 is 10.4 Å². The van der Waals surface area contributed by atoms with Gasteiger partial charge in [0.15, 0.2) is 0 Å². The zero-order valence-electron chi connectivity index (χ0n) is 9.99. The number of amides is 1. The Bertz CT molecular complexity index is 385. The molecule has 0 aromatic carbocycles. The molecule has 3 N–H and O–H groups in total. The molecule has 94 valence electrons. The highest BCUT2D eigenvalue weighted by atomic mass is 16.4. The number of nitrogens with zero attached hydrogens (tertiary/aromatic N) is 1. The highest BCUT2D eigenvalue weighted by molar-refractivity contribution is 5.78. The number of H-pyrrole nitrogens is 1. The molecule has 0 aliphatic rings. The van der Waals surface area contributed by atoms with Crippen LogP contribution in [0.4, 0.5) is 0 Å². The van der Waals surface area contributed by atoms with E-state index in [9.17, 15) is 9.59 Å². The Hall–Kier alpha value is -1.85. The third kappa shape index (κ3) is 5.14. The first kappa shape index (κ1) is 13.2. The molecule has 0 atom stereocenters. The maximum atomic E-state index is 11.7. The van der Waals surface area contributed by atoms with Crippen molar-refractivity contribution in [3.8, 4) is 0 Å². The summed E-state index contributed by atoms with van der Waals surface area (Å²) >= 11 is 0. The van der Waals surface area contributed by atoms with Crippen LogP contribution in [0.5, 0.6) is 0 Å². The molecule has 6 heteroatoms. The Morgan fingerprint density at radius 2 is 2.24 bits per heavy atom. The number of nitrogens with one attached hydrogen (secondary N) is 2. The van der Waals surface area contributed by atoms with Crippen molar-refractivity contribution in [1.82, 2.24) is 15.5 Å². The first-order chi connectivity index (χ1) is 7.89. The van der Waals surface area contributed by atoms with Gasteiger partial charge in [-0.2, -0.15) is 5.10 Å². The lowest BCUT2D eigenvalue weighted by Crippen LogP contribution is -2.44. The summed E-state index contributed by atoms with van der Waals surface area (Å²) < 4.78 is 0. The second-order valence-electron chi connectivity index (χ2n) is 4.58. The number of hydrogen-bond donors (Lipinski definition) is 3. The van der Waals surface area contributed by atoms with Gasteiger partial charge in [-0.3, -0.25) is 14.7 Å². The zero-order chi connectivity index (χ0) is 12.9. The number of rotatable bonds is 6. The molecule has 1 aromatic heterocycles. The molecule has 1 aromatic rings. The number of carboxylic acids is 1. The van der Waals surface area contributed by atoms with E-state index in [2.05, 4.69) is 15.5 Å². The van der Waals surface area contributed by atoms with Gasteiger partial charge in [0.25, 0.3) is 0 Å². The maximum absolute atomic E-state index is 11.7. The molecule has 0 saturated carbocycles. The van der Waals surface area contributed by atoms with Crippen LogP contribution in [0.25, 0.3) is 0 Å². The summed E-state index contributed by atoms with van der Waals surface area (Å²) in [6.07, 6.45) is 2.24. The molecular formula is C11H17N3O3. The topological polar surface area (TPSA) is 95.1 Å². The maximum Gasteiger partial charge on any atom is 0.303 e. The van der Waals surface area contributed by atoms with Gasteiger partial charge >= 0.3 is 5.97 Å². The number of aromatic nitrogens is 2. The van der Waals surface area contributed by atoms with Crippen molar-refractivity contribution in [2.75, 3.05) is 0 Å². The summed E-state index contributed by atoms with van der Waals surface area (Å²) in [5.74, 6) is -1.01. The third-order valence-corrected chi connectivity index (χ3v) is 2.35. The van der Waals surface area contributed by atoms with Crippen LogP contribution < -0.4 is 5.32 Å². The molecule has 1 amide bonds. The van der Waals surface area contributed by atoms with Gasteiger partial charge in [0, 0.05) is 23.9 Å². The molecule has 17 heavy (non-hydrogen) atoms. The van der Waals surface area contributed by atoms with Gasteiger partial charge in [0.1, 0.15) is 0 Å². The molecule has 0 aliphatic heterocycles. The largest absolute Gasteiger partial charge is 0.481 e. The molecule has 1 rings (SSSR count). The fraction of sp³-hybridized carbons (Fsp3) is 0.545. The first-order valence-corrected chi connectivity index (χ1v) is 5.40. The molecule has 0 radical (unpaired) electrons. The lowest BCUT2D eigenvalue weighted by Gasteiger charge is -2.25. The molecule has 0 unspecified atom stereocenters. The lowest BCUT2D eigenvalue weighted by molar-refractivity contribution is -0.137. The van der Waals surface area contributed by atoms with E-state index < -0.39 is 11.5 Å². The molecule has 0 aliphatic carbocycles. The van der Waals surface area contributed by atoms with Gasteiger partial charge in [-0.05, 0) is 26.3 Å². The van der Waals surface area contributed by atoms with E-state index in [1.165, 1.54) is 0 Å². The summed E-state index contributed by atoms with van der Waals surface area (Å²) in [7, 11) is 0. The zero-order valence-corrected chi connectivity index (χ0v) is 9.99. The molecule has 0 bridgehead atoms. The average molecular weight is 239 g/mol. The van der Waals surface area contributed by atoms with E-state index in [1.54, 1.807) is 26.1 Å². The van der Waals surface area contributed by atoms with Crippen molar-refractivity contribution in [1.29, 1.82) is 0 Å².